The third-order valence-electron chi connectivity index (χ3n) is 1.73. The van der Waals surface area contributed by atoms with Gasteiger partial charge < -0.3 is 15.5 Å². The maximum Gasteiger partial charge on any atom is 0.191 e. The predicted octanol–water partition coefficient (Wildman–Crippen LogP) is 0.432. The van der Waals surface area contributed by atoms with Crippen LogP contribution in [0, 0.1) is 0 Å². The molecule has 1 aromatic rings. The zero-order valence-electron chi connectivity index (χ0n) is 8.08. The van der Waals surface area contributed by atoms with E-state index >= 15 is 0 Å². The van der Waals surface area contributed by atoms with E-state index in [1.165, 1.54) is 11.8 Å². The van der Waals surface area contributed by atoms with Crippen molar-refractivity contribution in [2.75, 3.05) is 0 Å². The van der Waals surface area contributed by atoms with Gasteiger partial charge in [0, 0.05) is 7.05 Å². The molecule has 0 aliphatic carbocycles. The van der Waals surface area contributed by atoms with Crippen LogP contribution in [0.4, 0.5) is 0 Å². The first-order valence-corrected chi connectivity index (χ1v) is 5.05. The van der Waals surface area contributed by atoms with Crippen LogP contribution >= 0.6 is 11.8 Å². The fraction of sp³-hybridized carbons (Fsp3) is 0.571. The zero-order valence-corrected chi connectivity index (χ0v) is 8.90. The molecular formula is C7H13N5OS. The molecule has 0 amide bonds. The Balaban J connectivity index is 2.71. The number of amidine groups is 1. The SMILES string of the molecule is CCC(Sc1nncn1C)C(N)=NO. The van der Waals surface area contributed by atoms with Crippen molar-refractivity contribution in [2.45, 2.75) is 23.8 Å². The van der Waals surface area contributed by atoms with Crippen molar-refractivity contribution in [2.24, 2.45) is 17.9 Å². The Morgan fingerprint density at radius 1 is 1.86 bits per heavy atom. The largest absolute Gasteiger partial charge is 0.409 e. The summed E-state index contributed by atoms with van der Waals surface area (Å²) >= 11 is 1.43. The molecule has 1 rings (SSSR count). The molecule has 1 aromatic heterocycles. The van der Waals surface area contributed by atoms with Crippen LogP contribution in [-0.4, -0.2) is 31.1 Å². The van der Waals surface area contributed by atoms with Crippen LogP contribution in [0.15, 0.2) is 16.6 Å². The summed E-state index contributed by atoms with van der Waals surface area (Å²) in [7, 11) is 1.85. The summed E-state index contributed by atoms with van der Waals surface area (Å²) in [4.78, 5) is 0. The zero-order chi connectivity index (χ0) is 10.6. The lowest BCUT2D eigenvalue weighted by atomic mass is 10.3. The van der Waals surface area contributed by atoms with Gasteiger partial charge in [0.1, 0.15) is 6.33 Å². The fourth-order valence-electron chi connectivity index (χ4n) is 0.924. The summed E-state index contributed by atoms with van der Waals surface area (Å²) in [6, 6.07) is 0. The minimum atomic E-state index is -0.0668. The van der Waals surface area contributed by atoms with E-state index in [0.717, 1.165) is 11.6 Å². The minimum Gasteiger partial charge on any atom is -0.409 e. The molecule has 1 heterocycles. The second-order valence-corrected chi connectivity index (χ2v) is 3.93. The highest BCUT2D eigenvalue weighted by atomic mass is 32.2. The molecule has 6 nitrogen and oxygen atoms in total. The smallest absolute Gasteiger partial charge is 0.191 e. The van der Waals surface area contributed by atoms with Crippen LogP contribution < -0.4 is 5.73 Å². The third-order valence-corrected chi connectivity index (χ3v) is 3.17. The van der Waals surface area contributed by atoms with Crippen molar-refractivity contribution >= 4 is 17.6 Å². The number of aryl methyl sites for hydroxylation is 1. The van der Waals surface area contributed by atoms with Crippen molar-refractivity contribution in [3.05, 3.63) is 6.33 Å². The molecule has 0 aromatic carbocycles. The normalized spacial score (nSPS) is 14.3. The van der Waals surface area contributed by atoms with Gasteiger partial charge in [-0.25, -0.2) is 0 Å². The number of nitrogens with zero attached hydrogens (tertiary/aromatic N) is 4. The number of rotatable bonds is 4. The number of aromatic nitrogens is 3. The maximum absolute atomic E-state index is 8.54. The van der Waals surface area contributed by atoms with Crippen LogP contribution in [0.2, 0.25) is 0 Å². The second kappa shape index (κ2) is 4.85. The summed E-state index contributed by atoms with van der Waals surface area (Å²) in [5.41, 5.74) is 5.52. The average molecular weight is 215 g/mol. The highest BCUT2D eigenvalue weighted by Gasteiger charge is 2.16. The number of hydrogen-bond acceptors (Lipinski definition) is 5. The van der Waals surface area contributed by atoms with Gasteiger partial charge >= 0.3 is 0 Å². The Kier molecular flexibility index (Phi) is 3.75. The molecule has 0 bridgehead atoms. The summed E-state index contributed by atoms with van der Waals surface area (Å²) in [6.45, 7) is 1.96. The van der Waals surface area contributed by atoms with Gasteiger partial charge in [0.05, 0.1) is 5.25 Å². The highest BCUT2D eigenvalue weighted by Crippen LogP contribution is 2.22. The van der Waals surface area contributed by atoms with Gasteiger partial charge in [-0.2, -0.15) is 0 Å². The van der Waals surface area contributed by atoms with Crippen LogP contribution in [0.1, 0.15) is 13.3 Å². The molecule has 78 valence electrons. The average Bonchev–Trinajstić information content (AvgIpc) is 2.59. The summed E-state index contributed by atoms with van der Waals surface area (Å²) in [5, 5.41) is 19.9. The Hall–Kier alpha value is -1.24. The van der Waals surface area contributed by atoms with Crippen LogP contribution in [-0.2, 0) is 7.05 Å². The van der Waals surface area contributed by atoms with E-state index in [1.807, 2.05) is 14.0 Å². The van der Waals surface area contributed by atoms with Gasteiger partial charge in [0.2, 0.25) is 0 Å². The van der Waals surface area contributed by atoms with Gasteiger partial charge in [-0.3, -0.25) is 0 Å². The molecule has 0 radical (unpaired) electrons. The quantitative estimate of drug-likeness (QED) is 0.250. The lowest BCUT2D eigenvalue weighted by Crippen LogP contribution is -2.25. The summed E-state index contributed by atoms with van der Waals surface area (Å²) in [5.74, 6) is 0.209. The summed E-state index contributed by atoms with van der Waals surface area (Å²) in [6.07, 6.45) is 2.38. The second-order valence-electron chi connectivity index (χ2n) is 2.76. The maximum atomic E-state index is 8.54. The van der Waals surface area contributed by atoms with E-state index in [4.69, 9.17) is 10.9 Å². The molecule has 0 saturated carbocycles. The van der Waals surface area contributed by atoms with Crippen molar-refractivity contribution in [3.63, 3.8) is 0 Å². The Bertz CT molecular complexity index is 324. The van der Waals surface area contributed by atoms with Gasteiger partial charge in [0.15, 0.2) is 11.0 Å². The lowest BCUT2D eigenvalue weighted by Gasteiger charge is -2.10. The lowest BCUT2D eigenvalue weighted by molar-refractivity contribution is 0.317. The van der Waals surface area contributed by atoms with Crippen molar-refractivity contribution in [1.29, 1.82) is 0 Å². The molecule has 1 atom stereocenters. The first-order valence-electron chi connectivity index (χ1n) is 4.17. The minimum absolute atomic E-state index is 0.0668. The number of oxime groups is 1. The van der Waals surface area contributed by atoms with Gasteiger partial charge in [-0.1, -0.05) is 23.8 Å². The van der Waals surface area contributed by atoms with E-state index in [0.29, 0.717) is 0 Å². The van der Waals surface area contributed by atoms with Crippen molar-refractivity contribution in [1.82, 2.24) is 14.8 Å². The summed E-state index contributed by atoms with van der Waals surface area (Å²) < 4.78 is 1.79. The number of thioether (sulfide) groups is 1. The van der Waals surface area contributed by atoms with Gasteiger partial charge in [-0.05, 0) is 6.42 Å². The number of nitrogens with two attached hydrogens (primary N) is 1. The molecule has 0 aliphatic rings. The first-order chi connectivity index (χ1) is 6.69. The molecule has 7 heteroatoms. The van der Waals surface area contributed by atoms with Gasteiger partial charge in [0.25, 0.3) is 0 Å². The van der Waals surface area contributed by atoms with E-state index in [-0.39, 0.29) is 11.1 Å². The molecule has 1 unspecified atom stereocenters. The molecule has 0 saturated heterocycles. The van der Waals surface area contributed by atoms with Crippen LogP contribution in [0.5, 0.6) is 0 Å². The first kappa shape index (κ1) is 10.8. The van der Waals surface area contributed by atoms with E-state index < -0.39 is 0 Å². The Labute approximate surface area is 86.2 Å². The molecule has 3 N–H and O–H groups in total. The van der Waals surface area contributed by atoms with Crippen LogP contribution in [0.25, 0.3) is 0 Å². The predicted molar refractivity (Wildman–Crippen MR) is 54.3 cm³/mol. The molecule has 0 spiro atoms. The van der Waals surface area contributed by atoms with Crippen molar-refractivity contribution < 1.29 is 5.21 Å². The Morgan fingerprint density at radius 2 is 2.57 bits per heavy atom. The highest BCUT2D eigenvalue weighted by molar-refractivity contribution is 8.00. The van der Waals surface area contributed by atoms with Gasteiger partial charge in [-0.15, -0.1) is 10.2 Å². The van der Waals surface area contributed by atoms with Crippen LogP contribution in [0.3, 0.4) is 0 Å². The van der Waals surface area contributed by atoms with E-state index in [9.17, 15) is 0 Å². The number of hydrogen-bond donors (Lipinski definition) is 2. The topological polar surface area (TPSA) is 89.3 Å². The van der Waals surface area contributed by atoms with Crippen molar-refractivity contribution in [3.8, 4) is 0 Å². The monoisotopic (exact) mass is 215 g/mol. The molecule has 0 fully saturated rings. The van der Waals surface area contributed by atoms with E-state index in [2.05, 4.69) is 15.4 Å². The molecule has 0 aliphatic heterocycles. The molecule has 14 heavy (non-hydrogen) atoms. The standard InChI is InChI=1S/C7H13N5OS/c1-3-5(6(8)11-13)14-7-10-9-4-12(7)2/h4-5,13H,3H2,1-2H3,(H2,8,11). The van der Waals surface area contributed by atoms with E-state index in [1.54, 1.807) is 10.9 Å². The fourth-order valence-corrected chi connectivity index (χ4v) is 1.82. The third kappa shape index (κ3) is 2.38. The Morgan fingerprint density at radius 3 is 3.00 bits per heavy atom. The molecular weight excluding hydrogens is 202 g/mol.